The number of thiazole rings is 1. The summed E-state index contributed by atoms with van der Waals surface area (Å²) in [6.07, 6.45) is 3.64. The Labute approximate surface area is 126 Å². The summed E-state index contributed by atoms with van der Waals surface area (Å²) in [7, 11) is 1.94. The van der Waals surface area contributed by atoms with Crippen LogP contribution in [0, 0.1) is 6.92 Å². The van der Waals surface area contributed by atoms with Crippen molar-refractivity contribution in [3.05, 3.63) is 52.7 Å². The number of imidazole rings is 1. The Hall–Kier alpha value is -2.47. The van der Waals surface area contributed by atoms with Crippen LogP contribution in [0.3, 0.4) is 0 Å². The Morgan fingerprint density at radius 3 is 2.86 bits per heavy atom. The van der Waals surface area contributed by atoms with E-state index < -0.39 is 0 Å². The number of carbonyl (C=O) groups is 1. The summed E-state index contributed by atoms with van der Waals surface area (Å²) in [5, 5.41) is 2.90. The minimum Gasteiger partial charge on any atom is -0.334 e. The second kappa shape index (κ2) is 5.49. The molecule has 1 N–H and O–H groups in total. The molecule has 3 rings (SSSR count). The third-order valence-electron chi connectivity index (χ3n) is 3.15. The normalized spacial score (nSPS) is 10.6. The van der Waals surface area contributed by atoms with E-state index >= 15 is 0 Å². The Balaban J connectivity index is 1.86. The fourth-order valence-electron chi connectivity index (χ4n) is 2.09. The van der Waals surface area contributed by atoms with Crippen molar-refractivity contribution in [3.63, 3.8) is 0 Å². The van der Waals surface area contributed by atoms with Gasteiger partial charge in [-0.1, -0.05) is 12.1 Å². The number of anilines is 1. The molecule has 0 fully saturated rings. The van der Waals surface area contributed by atoms with Crippen LogP contribution in [-0.4, -0.2) is 20.4 Å². The van der Waals surface area contributed by atoms with Gasteiger partial charge in [0.25, 0.3) is 5.91 Å². The zero-order valence-corrected chi connectivity index (χ0v) is 12.5. The van der Waals surface area contributed by atoms with E-state index in [0.29, 0.717) is 4.88 Å². The van der Waals surface area contributed by atoms with Crippen LogP contribution < -0.4 is 5.32 Å². The minimum atomic E-state index is -0.132. The van der Waals surface area contributed by atoms with Crippen LogP contribution in [0.2, 0.25) is 0 Å². The van der Waals surface area contributed by atoms with Gasteiger partial charge in [0, 0.05) is 30.7 Å². The second-order valence-corrected chi connectivity index (χ2v) is 5.52. The van der Waals surface area contributed by atoms with Crippen LogP contribution in [0.15, 0.2) is 42.2 Å². The van der Waals surface area contributed by atoms with Gasteiger partial charge in [0.2, 0.25) is 0 Å². The predicted molar refractivity (Wildman–Crippen MR) is 83.4 cm³/mol. The van der Waals surface area contributed by atoms with E-state index in [0.717, 1.165) is 22.8 Å². The first-order valence-corrected chi connectivity index (χ1v) is 7.32. The lowest BCUT2D eigenvalue weighted by molar-refractivity contribution is 0.103. The summed E-state index contributed by atoms with van der Waals surface area (Å²) < 4.78 is 1.94. The van der Waals surface area contributed by atoms with Crippen LogP contribution in [0.1, 0.15) is 15.4 Å². The Kier molecular flexibility index (Phi) is 3.53. The smallest absolute Gasteiger partial charge is 0.267 e. The van der Waals surface area contributed by atoms with Crippen molar-refractivity contribution in [2.75, 3.05) is 5.32 Å². The molecule has 6 heteroatoms. The van der Waals surface area contributed by atoms with Crippen LogP contribution in [-0.2, 0) is 7.05 Å². The van der Waals surface area contributed by atoms with E-state index in [-0.39, 0.29) is 5.91 Å². The molecule has 0 spiro atoms. The van der Waals surface area contributed by atoms with Gasteiger partial charge in [0.1, 0.15) is 10.7 Å². The van der Waals surface area contributed by atoms with Crippen molar-refractivity contribution in [2.45, 2.75) is 6.92 Å². The number of nitrogens with one attached hydrogen (secondary N) is 1. The van der Waals surface area contributed by atoms with Gasteiger partial charge in [-0.2, -0.15) is 0 Å². The molecule has 0 unspecified atom stereocenters. The maximum Gasteiger partial charge on any atom is 0.267 e. The topological polar surface area (TPSA) is 59.8 Å². The quantitative estimate of drug-likeness (QED) is 0.808. The van der Waals surface area contributed by atoms with Crippen LogP contribution >= 0.6 is 11.3 Å². The van der Waals surface area contributed by atoms with Crippen molar-refractivity contribution in [1.82, 2.24) is 14.5 Å². The van der Waals surface area contributed by atoms with Crippen LogP contribution in [0.5, 0.6) is 0 Å². The van der Waals surface area contributed by atoms with E-state index in [1.807, 2.05) is 49.0 Å². The van der Waals surface area contributed by atoms with Gasteiger partial charge in [0.05, 0.1) is 11.2 Å². The number of aromatic nitrogens is 3. The summed E-state index contributed by atoms with van der Waals surface area (Å²) in [6, 6.07) is 7.65. The Morgan fingerprint density at radius 1 is 1.33 bits per heavy atom. The molecule has 1 aromatic carbocycles. The van der Waals surface area contributed by atoms with Gasteiger partial charge in [-0.05, 0) is 19.1 Å². The van der Waals surface area contributed by atoms with Crippen molar-refractivity contribution >= 4 is 22.9 Å². The van der Waals surface area contributed by atoms with Crippen molar-refractivity contribution in [3.8, 4) is 11.4 Å². The molecule has 106 valence electrons. The molecule has 0 saturated carbocycles. The zero-order chi connectivity index (χ0) is 14.8. The molecule has 3 aromatic rings. The molecule has 0 atom stereocenters. The van der Waals surface area contributed by atoms with Crippen LogP contribution in [0.4, 0.5) is 5.69 Å². The molecule has 1 amide bonds. The first-order valence-electron chi connectivity index (χ1n) is 6.44. The molecule has 2 aromatic heterocycles. The molecular weight excluding hydrogens is 284 g/mol. The van der Waals surface area contributed by atoms with Gasteiger partial charge in [-0.15, -0.1) is 11.3 Å². The lowest BCUT2D eigenvalue weighted by atomic mass is 10.2. The molecule has 0 saturated heterocycles. The number of benzene rings is 1. The van der Waals surface area contributed by atoms with E-state index in [2.05, 4.69) is 15.3 Å². The third kappa shape index (κ3) is 2.71. The fourth-order valence-corrected chi connectivity index (χ4v) is 2.79. The standard InChI is InChI=1S/C15H14N4OS/c1-10-13(21-9-17-10)15(20)18-12-5-3-4-11(8-12)14-16-6-7-19(14)2/h3-9H,1-2H3,(H,18,20). The monoisotopic (exact) mass is 298 g/mol. The molecule has 0 bridgehead atoms. The number of rotatable bonds is 3. The molecular formula is C15H14N4OS. The maximum absolute atomic E-state index is 12.2. The van der Waals surface area contributed by atoms with Gasteiger partial charge in [-0.3, -0.25) is 4.79 Å². The van der Waals surface area contributed by atoms with Crippen molar-refractivity contribution in [1.29, 1.82) is 0 Å². The third-order valence-corrected chi connectivity index (χ3v) is 4.08. The number of aryl methyl sites for hydroxylation is 2. The average Bonchev–Trinajstić information content (AvgIpc) is 3.07. The Bertz CT molecular complexity index is 790. The number of carbonyl (C=O) groups excluding carboxylic acids is 1. The SMILES string of the molecule is Cc1ncsc1C(=O)Nc1cccc(-c2nccn2C)c1. The Morgan fingerprint density at radius 2 is 2.19 bits per heavy atom. The lowest BCUT2D eigenvalue weighted by Gasteiger charge is -2.07. The number of hydrogen-bond donors (Lipinski definition) is 1. The highest BCUT2D eigenvalue weighted by Crippen LogP contribution is 2.22. The number of hydrogen-bond acceptors (Lipinski definition) is 4. The van der Waals surface area contributed by atoms with Crippen LogP contribution in [0.25, 0.3) is 11.4 Å². The van der Waals surface area contributed by atoms with Gasteiger partial charge >= 0.3 is 0 Å². The van der Waals surface area contributed by atoms with Crippen molar-refractivity contribution in [2.24, 2.45) is 7.05 Å². The summed E-state index contributed by atoms with van der Waals surface area (Å²) in [5.41, 5.74) is 4.13. The first-order chi connectivity index (χ1) is 10.1. The second-order valence-electron chi connectivity index (χ2n) is 4.66. The average molecular weight is 298 g/mol. The summed E-state index contributed by atoms with van der Waals surface area (Å²) in [4.78, 5) is 21.2. The van der Waals surface area contributed by atoms with Gasteiger partial charge in [-0.25, -0.2) is 9.97 Å². The minimum absolute atomic E-state index is 0.132. The molecule has 0 radical (unpaired) electrons. The predicted octanol–water partition coefficient (Wildman–Crippen LogP) is 3.10. The van der Waals surface area contributed by atoms with Crippen molar-refractivity contribution < 1.29 is 4.79 Å². The molecule has 0 aliphatic rings. The summed E-state index contributed by atoms with van der Waals surface area (Å²) in [6.45, 7) is 1.83. The highest BCUT2D eigenvalue weighted by atomic mass is 32.1. The largest absolute Gasteiger partial charge is 0.334 e. The lowest BCUT2D eigenvalue weighted by Crippen LogP contribution is -2.11. The van der Waals surface area contributed by atoms with Gasteiger partial charge in [0.15, 0.2) is 0 Å². The first kappa shape index (κ1) is 13.5. The maximum atomic E-state index is 12.2. The summed E-state index contributed by atoms with van der Waals surface area (Å²) in [5.74, 6) is 0.729. The molecule has 0 aliphatic carbocycles. The fraction of sp³-hybridized carbons (Fsp3) is 0.133. The van der Waals surface area contributed by atoms with E-state index in [4.69, 9.17) is 0 Å². The molecule has 5 nitrogen and oxygen atoms in total. The highest BCUT2D eigenvalue weighted by molar-refractivity contribution is 7.12. The highest BCUT2D eigenvalue weighted by Gasteiger charge is 2.12. The summed E-state index contributed by atoms with van der Waals surface area (Å²) >= 11 is 1.34. The number of amides is 1. The number of nitrogens with zero attached hydrogens (tertiary/aromatic N) is 3. The molecule has 2 heterocycles. The molecule has 0 aliphatic heterocycles. The molecule has 21 heavy (non-hydrogen) atoms. The van der Waals surface area contributed by atoms with Gasteiger partial charge < -0.3 is 9.88 Å². The van der Waals surface area contributed by atoms with E-state index in [9.17, 15) is 4.79 Å². The van der Waals surface area contributed by atoms with E-state index in [1.54, 1.807) is 11.7 Å². The zero-order valence-electron chi connectivity index (χ0n) is 11.7. The van der Waals surface area contributed by atoms with E-state index in [1.165, 1.54) is 11.3 Å².